The Morgan fingerprint density at radius 1 is 0.833 bits per heavy atom. The Labute approximate surface area is 254 Å². The molecule has 4 aliphatic rings. The molecule has 0 saturated carbocycles. The first-order chi connectivity index (χ1) is 20.1. The highest BCUT2D eigenvalue weighted by molar-refractivity contribution is 6.36. The lowest BCUT2D eigenvalue weighted by Crippen LogP contribution is -2.57. The number of rotatable bonds is 8. The Balaban J connectivity index is 1.25. The maximum atomic E-state index is 14.1. The van der Waals surface area contributed by atoms with Crippen molar-refractivity contribution in [3.05, 3.63) is 101 Å². The highest BCUT2D eigenvalue weighted by Crippen LogP contribution is 2.69. The number of nitrogens with zero attached hydrogens (tertiary/aromatic N) is 1. The van der Waals surface area contributed by atoms with Crippen molar-refractivity contribution in [2.75, 3.05) is 11.9 Å². The zero-order valence-corrected chi connectivity index (χ0v) is 24.7. The second-order valence-corrected chi connectivity index (χ2v) is 12.3. The van der Waals surface area contributed by atoms with Gasteiger partial charge < -0.3 is 10.1 Å². The van der Waals surface area contributed by atoms with Gasteiger partial charge in [0.1, 0.15) is 15.8 Å². The molecule has 0 spiro atoms. The molecule has 0 unspecified atom stereocenters. The van der Waals surface area contributed by atoms with Crippen LogP contribution in [0, 0.1) is 11.8 Å². The fraction of sp³-hybridized carbons (Fsp3) is 0.333. The number of hydrogen-bond acceptors (Lipinski definition) is 5. The fourth-order valence-electron chi connectivity index (χ4n) is 6.72. The monoisotopic (exact) mass is 604 g/mol. The van der Waals surface area contributed by atoms with Crippen molar-refractivity contribution >= 4 is 52.6 Å². The molecule has 1 N–H and O–H groups in total. The molecule has 1 heterocycles. The van der Waals surface area contributed by atoms with Crippen LogP contribution in [-0.2, 0) is 28.9 Å². The molecule has 2 bridgehead atoms. The number of esters is 1. The molecule has 0 aromatic heterocycles. The fourth-order valence-corrected chi connectivity index (χ4v) is 7.82. The molecule has 42 heavy (non-hydrogen) atoms. The van der Waals surface area contributed by atoms with E-state index in [9.17, 15) is 19.2 Å². The summed E-state index contributed by atoms with van der Waals surface area (Å²) in [6.45, 7) is 3.93. The molecular formula is C33H30Cl2N2O5. The van der Waals surface area contributed by atoms with E-state index in [-0.39, 0.29) is 0 Å². The molecule has 7 nitrogen and oxygen atoms in total. The van der Waals surface area contributed by atoms with Gasteiger partial charge in [0.05, 0.1) is 24.0 Å². The summed E-state index contributed by atoms with van der Waals surface area (Å²) >= 11 is 14.9. The van der Waals surface area contributed by atoms with E-state index < -0.39 is 51.3 Å². The number of hydrogen-bond donors (Lipinski definition) is 1. The quantitative estimate of drug-likeness (QED) is 0.148. The van der Waals surface area contributed by atoms with Gasteiger partial charge in [-0.05, 0) is 59.9 Å². The SMILES string of the molecule is CCCCCOC(=O)c1ccc(NC(=O)[C@H](C)N2C(=O)[C@@H]3[C@H](C2=O)C2(Cl)c4ccccc4C3(Cl)c3ccccc32)cc1. The van der Waals surface area contributed by atoms with E-state index in [0.717, 1.165) is 24.2 Å². The number of carbonyl (C=O) groups excluding carboxylic acids is 4. The van der Waals surface area contributed by atoms with E-state index in [1.54, 1.807) is 24.3 Å². The summed E-state index contributed by atoms with van der Waals surface area (Å²) in [4.78, 5) is 52.2. The van der Waals surface area contributed by atoms with E-state index in [2.05, 4.69) is 12.2 Å². The number of ether oxygens (including phenoxy) is 1. The van der Waals surface area contributed by atoms with Gasteiger partial charge in [0.2, 0.25) is 17.7 Å². The molecule has 3 atom stereocenters. The summed E-state index contributed by atoms with van der Waals surface area (Å²) in [5, 5.41) is 2.76. The standard InChI is InChI=1S/C33H30Cl2N2O5/c1-3-4-9-18-42-31(41)20-14-16-21(17-15-20)36-28(38)19(2)37-29(39)26-27(30(37)40)33(35)23-11-6-5-10-22(23)32(26,34)24-12-7-8-13-25(24)33/h5-8,10-17,19,26-27H,3-4,9,18H2,1-2H3,(H,36,38)/t19-,26-,27+,32?,33?/m0/s1. The van der Waals surface area contributed by atoms with Gasteiger partial charge in [0, 0.05) is 5.69 Å². The predicted molar refractivity (Wildman–Crippen MR) is 159 cm³/mol. The number of unbranched alkanes of at least 4 members (excludes halogenated alkanes) is 2. The van der Waals surface area contributed by atoms with Crippen molar-refractivity contribution < 1.29 is 23.9 Å². The number of imide groups is 1. The van der Waals surface area contributed by atoms with Crippen LogP contribution >= 0.6 is 23.2 Å². The maximum absolute atomic E-state index is 14.1. The van der Waals surface area contributed by atoms with Gasteiger partial charge >= 0.3 is 5.97 Å². The van der Waals surface area contributed by atoms with Crippen LogP contribution in [0.15, 0.2) is 72.8 Å². The van der Waals surface area contributed by atoms with Gasteiger partial charge in [-0.1, -0.05) is 68.3 Å². The second-order valence-electron chi connectivity index (χ2n) is 11.1. The van der Waals surface area contributed by atoms with Crippen LogP contribution in [0.2, 0.25) is 0 Å². The molecule has 3 aromatic carbocycles. The number of benzene rings is 3. The van der Waals surface area contributed by atoms with Crippen molar-refractivity contribution in [2.24, 2.45) is 11.8 Å². The van der Waals surface area contributed by atoms with Crippen LogP contribution in [0.5, 0.6) is 0 Å². The lowest BCUT2D eigenvalue weighted by Gasteiger charge is -2.54. The first-order valence-electron chi connectivity index (χ1n) is 14.2. The molecule has 0 radical (unpaired) electrons. The molecule has 3 aromatic rings. The third-order valence-electron chi connectivity index (χ3n) is 8.76. The van der Waals surface area contributed by atoms with Gasteiger partial charge in [-0.15, -0.1) is 23.2 Å². The number of nitrogens with one attached hydrogen (secondary N) is 1. The van der Waals surface area contributed by atoms with E-state index in [1.165, 1.54) is 6.92 Å². The van der Waals surface area contributed by atoms with Gasteiger partial charge in [0.15, 0.2) is 0 Å². The number of amides is 3. The highest BCUT2D eigenvalue weighted by atomic mass is 35.5. The minimum atomic E-state index is -1.31. The van der Waals surface area contributed by atoms with Crippen molar-refractivity contribution in [1.29, 1.82) is 0 Å². The Kier molecular flexibility index (Phi) is 7.14. The predicted octanol–water partition coefficient (Wildman–Crippen LogP) is 5.95. The lowest BCUT2D eigenvalue weighted by atomic mass is 9.54. The van der Waals surface area contributed by atoms with Gasteiger partial charge in [-0.25, -0.2) is 4.79 Å². The minimum Gasteiger partial charge on any atom is -0.462 e. The molecule has 3 amide bonds. The summed E-state index contributed by atoms with van der Waals surface area (Å²) in [7, 11) is 0. The molecule has 7 rings (SSSR count). The van der Waals surface area contributed by atoms with Crippen molar-refractivity contribution in [2.45, 2.75) is 48.9 Å². The van der Waals surface area contributed by atoms with Crippen molar-refractivity contribution in [3.8, 4) is 0 Å². The average molecular weight is 606 g/mol. The van der Waals surface area contributed by atoms with E-state index >= 15 is 0 Å². The van der Waals surface area contributed by atoms with Crippen molar-refractivity contribution in [3.63, 3.8) is 0 Å². The smallest absolute Gasteiger partial charge is 0.338 e. The third-order valence-corrected chi connectivity index (χ3v) is 10.0. The Hall–Kier alpha value is -3.68. The number of likely N-dealkylation sites (tertiary alicyclic amines) is 1. The van der Waals surface area contributed by atoms with Gasteiger partial charge in [-0.3, -0.25) is 19.3 Å². The largest absolute Gasteiger partial charge is 0.462 e. The Morgan fingerprint density at radius 2 is 1.31 bits per heavy atom. The minimum absolute atomic E-state index is 0.353. The van der Waals surface area contributed by atoms with E-state index in [1.807, 2.05) is 48.5 Å². The van der Waals surface area contributed by atoms with Crippen LogP contribution in [0.25, 0.3) is 0 Å². The number of carbonyl (C=O) groups is 4. The molecule has 3 aliphatic carbocycles. The van der Waals surface area contributed by atoms with Crippen molar-refractivity contribution in [1.82, 2.24) is 4.90 Å². The third kappa shape index (κ3) is 4.01. The van der Waals surface area contributed by atoms with Crippen LogP contribution in [0.3, 0.4) is 0 Å². The zero-order valence-electron chi connectivity index (χ0n) is 23.2. The van der Waals surface area contributed by atoms with Crippen LogP contribution in [0.4, 0.5) is 5.69 Å². The molecule has 1 fully saturated rings. The lowest BCUT2D eigenvalue weighted by molar-refractivity contribution is -0.146. The number of halogens is 2. The van der Waals surface area contributed by atoms with E-state index in [4.69, 9.17) is 27.9 Å². The van der Waals surface area contributed by atoms with Crippen LogP contribution in [0.1, 0.15) is 65.7 Å². The number of anilines is 1. The van der Waals surface area contributed by atoms with E-state index in [0.29, 0.717) is 40.1 Å². The second kappa shape index (κ2) is 10.5. The normalized spacial score (nSPS) is 25.9. The first kappa shape index (κ1) is 28.4. The number of alkyl halides is 2. The molecule has 1 aliphatic heterocycles. The molecule has 1 saturated heterocycles. The summed E-state index contributed by atoms with van der Waals surface area (Å²) in [5.74, 6) is -4.01. The van der Waals surface area contributed by atoms with Crippen LogP contribution < -0.4 is 5.32 Å². The Morgan fingerprint density at radius 3 is 1.76 bits per heavy atom. The topological polar surface area (TPSA) is 92.8 Å². The summed E-state index contributed by atoms with van der Waals surface area (Å²) in [5.41, 5.74) is 3.57. The van der Waals surface area contributed by atoms with Crippen LogP contribution in [-0.4, -0.2) is 41.2 Å². The summed E-state index contributed by atoms with van der Waals surface area (Å²) < 4.78 is 5.28. The average Bonchev–Trinajstić information content (AvgIpc) is 3.28. The van der Waals surface area contributed by atoms with Gasteiger partial charge in [0.25, 0.3) is 0 Å². The summed E-state index contributed by atoms with van der Waals surface area (Å²) in [6.07, 6.45) is 2.82. The molecule has 216 valence electrons. The summed E-state index contributed by atoms with van der Waals surface area (Å²) in [6, 6.07) is 19.9. The molecule has 9 heteroatoms. The maximum Gasteiger partial charge on any atom is 0.338 e. The Bertz CT molecular complexity index is 1480. The first-order valence-corrected chi connectivity index (χ1v) is 14.9. The molecular weight excluding hydrogens is 575 g/mol. The zero-order chi connectivity index (χ0) is 29.8. The highest BCUT2D eigenvalue weighted by Gasteiger charge is 2.73. The van der Waals surface area contributed by atoms with Gasteiger partial charge in [-0.2, -0.15) is 0 Å².